The van der Waals surface area contributed by atoms with E-state index in [-0.39, 0.29) is 17.1 Å². The lowest BCUT2D eigenvalue weighted by Crippen LogP contribution is -2.14. The van der Waals surface area contributed by atoms with E-state index in [0.717, 1.165) is 0 Å². The highest BCUT2D eigenvalue weighted by molar-refractivity contribution is 6.34. The van der Waals surface area contributed by atoms with Gasteiger partial charge in [0, 0.05) is 18.0 Å². The van der Waals surface area contributed by atoms with Crippen molar-refractivity contribution < 1.29 is 23.0 Å². The third-order valence-corrected chi connectivity index (χ3v) is 3.26. The highest BCUT2D eigenvalue weighted by Crippen LogP contribution is 2.30. The number of hydrogen-bond acceptors (Lipinski definition) is 4. The monoisotopic (exact) mass is 342 g/mol. The number of methoxy groups -OCH3 is 1. The average Bonchev–Trinajstić information content (AvgIpc) is 2.50. The first-order chi connectivity index (χ1) is 10.9. The Kier molecular flexibility index (Phi) is 5.33. The van der Waals surface area contributed by atoms with Crippen molar-refractivity contribution in [1.29, 1.82) is 0 Å². The zero-order valence-electron chi connectivity index (χ0n) is 12.3. The third-order valence-electron chi connectivity index (χ3n) is 2.97. The van der Waals surface area contributed by atoms with Crippen LogP contribution in [0.2, 0.25) is 5.02 Å². The highest BCUT2D eigenvalue weighted by atomic mass is 35.5. The quantitative estimate of drug-likeness (QED) is 0.895. The number of carbonyl (C=O) groups excluding carboxylic acids is 1. The molecule has 0 fully saturated rings. The number of benzene rings is 1. The summed E-state index contributed by atoms with van der Waals surface area (Å²) in [7, 11) is 1.29. The van der Waals surface area contributed by atoms with Crippen molar-refractivity contribution >= 4 is 23.2 Å². The fraction of sp³-hybridized carbons (Fsp3) is 0.200. The van der Waals surface area contributed by atoms with Crippen molar-refractivity contribution in [2.45, 2.75) is 13.5 Å². The molecule has 0 aliphatic carbocycles. The molecule has 0 unspecified atom stereocenters. The molecule has 0 spiro atoms. The molecule has 1 amide bonds. The minimum atomic E-state index is -2.98. The van der Waals surface area contributed by atoms with Crippen molar-refractivity contribution in [3.05, 3.63) is 46.7 Å². The minimum Gasteiger partial charge on any atom is -0.493 e. The van der Waals surface area contributed by atoms with Crippen LogP contribution in [0.5, 0.6) is 11.5 Å². The van der Waals surface area contributed by atoms with E-state index in [1.165, 1.54) is 31.5 Å². The highest BCUT2D eigenvalue weighted by Gasteiger charge is 2.15. The van der Waals surface area contributed by atoms with Gasteiger partial charge in [-0.2, -0.15) is 8.78 Å². The fourth-order valence-corrected chi connectivity index (χ4v) is 2.13. The summed E-state index contributed by atoms with van der Waals surface area (Å²) in [6, 6.07) is 3.89. The number of nitrogens with one attached hydrogen (secondary N) is 1. The van der Waals surface area contributed by atoms with Crippen LogP contribution in [-0.4, -0.2) is 24.6 Å². The number of nitrogens with zero attached hydrogens (tertiary/aromatic N) is 1. The summed E-state index contributed by atoms with van der Waals surface area (Å²) in [5, 5.41) is 2.95. The summed E-state index contributed by atoms with van der Waals surface area (Å²) in [6.45, 7) is -1.24. The first-order valence-electron chi connectivity index (χ1n) is 6.46. The number of aryl methyl sites for hydroxylation is 1. The van der Waals surface area contributed by atoms with Crippen molar-refractivity contribution in [2.24, 2.45) is 0 Å². The van der Waals surface area contributed by atoms with E-state index in [0.29, 0.717) is 16.3 Å². The third kappa shape index (κ3) is 4.07. The van der Waals surface area contributed by atoms with E-state index >= 15 is 0 Å². The Morgan fingerprint density at radius 2 is 2.04 bits per heavy atom. The van der Waals surface area contributed by atoms with E-state index < -0.39 is 12.5 Å². The second-order valence-electron chi connectivity index (χ2n) is 4.51. The molecule has 0 atom stereocenters. The van der Waals surface area contributed by atoms with E-state index in [9.17, 15) is 13.6 Å². The predicted molar refractivity (Wildman–Crippen MR) is 81.6 cm³/mol. The maximum atomic E-state index is 12.3. The van der Waals surface area contributed by atoms with Gasteiger partial charge in [-0.1, -0.05) is 11.6 Å². The first-order valence-corrected chi connectivity index (χ1v) is 6.84. The van der Waals surface area contributed by atoms with Gasteiger partial charge in [0.15, 0.2) is 11.5 Å². The van der Waals surface area contributed by atoms with Crippen LogP contribution in [0.3, 0.4) is 0 Å². The van der Waals surface area contributed by atoms with Crippen molar-refractivity contribution in [2.75, 3.05) is 12.4 Å². The standard InChI is InChI=1S/C15H13ClF2N2O3/c1-8-6-19-7-10(16)13(8)20-14(21)9-3-4-11(23-15(17)18)12(5-9)22-2/h3-7,15H,1-2H3,(H,19,20,21). The zero-order valence-corrected chi connectivity index (χ0v) is 13.0. The molecule has 1 heterocycles. The van der Waals surface area contributed by atoms with Gasteiger partial charge in [-0.15, -0.1) is 0 Å². The second-order valence-corrected chi connectivity index (χ2v) is 4.92. The molecule has 1 aromatic carbocycles. The summed E-state index contributed by atoms with van der Waals surface area (Å²) in [5.41, 5.74) is 1.32. The molecule has 2 aromatic rings. The molecule has 0 saturated carbocycles. The molecule has 0 saturated heterocycles. The summed E-state index contributed by atoms with van der Waals surface area (Å²) in [6.07, 6.45) is 2.96. The van der Waals surface area contributed by atoms with Crippen LogP contribution in [0.25, 0.3) is 0 Å². The van der Waals surface area contributed by atoms with E-state index in [1.54, 1.807) is 13.1 Å². The van der Waals surface area contributed by atoms with Crippen LogP contribution in [0.4, 0.5) is 14.5 Å². The van der Waals surface area contributed by atoms with Crippen LogP contribution in [-0.2, 0) is 0 Å². The van der Waals surface area contributed by atoms with E-state index in [1.807, 2.05) is 0 Å². The molecule has 23 heavy (non-hydrogen) atoms. The molecule has 0 aliphatic heterocycles. The molecule has 122 valence electrons. The number of carbonyl (C=O) groups is 1. The van der Waals surface area contributed by atoms with Crippen LogP contribution >= 0.6 is 11.6 Å². The van der Waals surface area contributed by atoms with Gasteiger partial charge >= 0.3 is 6.61 Å². The number of hydrogen-bond donors (Lipinski definition) is 1. The molecular weight excluding hydrogens is 330 g/mol. The van der Waals surface area contributed by atoms with Gasteiger partial charge in [0.25, 0.3) is 5.91 Å². The maximum Gasteiger partial charge on any atom is 0.387 e. The van der Waals surface area contributed by atoms with Crippen LogP contribution in [0.15, 0.2) is 30.6 Å². The van der Waals surface area contributed by atoms with Crippen molar-refractivity contribution in [1.82, 2.24) is 4.98 Å². The smallest absolute Gasteiger partial charge is 0.387 e. The molecule has 2 rings (SSSR count). The molecule has 1 N–H and O–H groups in total. The zero-order chi connectivity index (χ0) is 17.0. The summed E-state index contributed by atoms with van der Waals surface area (Å²) in [4.78, 5) is 16.2. The topological polar surface area (TPSA) is 60.5 Å². The number of ether oxygens (including phenoxy) is 2. The second kappa shape index (κ2) is 7.23. The molecule has 0 radical (unpaired) electrons. The number of halogens is 3. The number of amides is 1. The Morgan fingerprint density at radius 3 is 2.65 bits per heavy atom. The lowest BCUT2D eigenvalue weighted by molar-refractivity contribution is -0.0512. The van der Waals surface area contributed by atoms with E-state index in [2.05, 4.69) is 15.0 Å². The summed E-state index contributed by atoms with van der Waals surface area (Å²) < 4.78 is 33.9. The Morgan fingerprint density at radius 1 is 1.30 bits per heavy atom. The largest absolute Gasteiger partial charge is 0.493 e. The average molecular weight is 343 g/mol. The van der Waals surface area contributed by atoms with Crippen molar-refractivity contribution in [3.8, 4) is 11.5 Å². The van der Waals surface area contributed by atoms with Crippen LogP contribution in [0.1, 0.15) is 15.9 Å². The molecule has 5 nitrogen and oxygen atoms in total. The van der Waals surface area contributed by atoms with Crippen LogP contribution < -0.4 is 14.8 Å². The number of aromatic nitrogens is 1. The molecule has 0 aliphatic rings. The van der Waals surface area contributed by atoms with Gasteiger partial charge in [0.05, 0.1) is 17.8 Å². The normalized spacial score (nSPS) is 10.5. The van der Waals surface area contributed by atoms with Gasteiger partial charge in [-0.25, -0.2) is 0 Å². The fourth-order valence-electron chi connectivity index (χ4n) is 1.88. The first kappa shape index (κ1) is 17.0. The Bertz CT molecular complexity index is 706. The lowest BCUT2D eigenvalue weighted by atomic mass is 10.1. The molecule has 8 heteroatoms. The molecular formula is C15H13ClF2N2O3. The van der Waals surface area contributed by atoms with Crippen molar-refractivity contribution in [3.63, 3.8) is 0 Å². The van der Waals surface area contributed by atoms with Gasteiger partial charge in [-0.3, -0.25) is 9.78 Å². The number of pyridine rings is 1. The Balaban J connectivity index is 2.26. The number of rotatable bonds is 5. The van der Waals surface area contributed by atoms with Gasteiger partial charge in [-0.05, 0) is 30.7 Å². The van der Waals surface area contributed by atoms with Gasteiger partial charge in [0.2, 0.25) is 0 Å². The van der Waals surface area contributed by atoms with E-state index in [4.69, 9.17) is 16.3 Å². The van der Waals surface area contributed by atoms with Gasteiger partial charge < -0.3 is 14.8 Å². The minimum absolute atomic E-state index is 0.0236. The lowest BCUT2D eigenvalue weighted by Gasteiger charge is -2.13. The number of anilines is 1. The number of alkyl halides is 2. The Hall–Kier alpha value is -2.41. The molecule has 0 bridgehead atoms. The Labute approximate surface area is 136 Å². The maximum absolute atomic E-state index is 12.3. The SMILES string of the molecule is COc1cc(C(=O)Nc2c(C)cncc2Cl)ccc1OC(F)F. The molecule has 1 aromatic heterocycles. The summed E-state index contributed by atoms with van der Waals surface area (Å²) >= 11 is 6.00. The predicted octanol–water partition coefficient (Wildman–Crippen LogP) is 3.91. The van der Waals surface area contributed by atoms with Gasteiger partial charge in [0.1, 0.15) is 0 Å². The summed E-state index contributed by atoms with van der Waals surface area (Å²) in [5.74, 6) is -0.601. The van der Waals surface area contributed by atoms with Crippen LogP contribution in [0, 0.1) is 6.92 Å².